The summed E-state index contributed by atoms with van der Waals surface area (Å²) in [5.41, 5.74) is -0.636. The molecule has 0 unspecified atom stereocenters. The number of nitrogens with one attached hydrogen (secondary N) is 2. The van der Waals surface area contributed by atoms with Crippen molar-refractivity contribution in [3.8, 4) is 11.8 Å². The van der Waals surface area contributed by atoms with Gasteiger partial charge < -0.3 is 4.98 Å². The molecular weight excluding hydrogens is 144 g/mol. The molecule has 0 atom stereocenters. The van der Waals surface area contributed by atoms with Crippen molar-refractivity contribution in [3.63, 3.8) is 0 Å². The first-order chi connectivity index (χ1) is 5.22. The van der Waals surface area contributed by atoms with Crippen LogP contribution in [0.1, 0.15) is 12.6 Å². The topological polar surface area (TPSA) is 65.7 Å². The molecule has 0 saturated heterocycles. The van der Waals surface area contributed by atoms with E-state index in [4.69, 9.17) is 0 Å². The third-order valence-electron chi connectivity index (χ3n) is 1.02. The van der Waals surface area contributed by atoms with E-state index in [1.165, 1.54) is 6.07 Å². The highest BCUT2D eigenvalue weighted by atomic mass is 16.2. The fourth-order valence-electron chi connectivity index (χ4n) is 0.671. The smallest absolute Gasteiger partial charge is 0.300 e. The number of aromatic amines is 2. The van der Waals surface area contributed by atoms with E-state index in [9.17, 15) is 9.59 Å². The quantitative estimate of drug-likeness (QED) is 0.486. The van der Waals surface area contributed by atoms with Crippen LogP contribution in [0.3, 0.4) is 0 Å². The van der Waals surface area contributed by atoms with E-state index in [1.807, 2.05) is 4.98 Å². The molecule has 0 fully saturated rings. The molecule has 11 heavy (non-hydrogen) atoms. The molecule has 0 amide bonds. The minimum Gasteiger partial charge on any atom is -0.300 e. The van der Waals surface area contributed by atoms with E-state index >= 15 is 0 Å². The van der Waals surface area contributed by atoms with Gasteiger partial charge in [0.05, 0.1) is 5.69 Å². The Labute approximate surface area is 62.3 Å². The van der Waals surface area contributed by atoms with Gasteiger partial charge in [-0.15, -0.1) is 0 Å². The first kappa shape index (κ1) is 7.35. The van der Waals surface area contributed by atoms with Gasteiger partial charge in [-0.25, -0.2) is 4.79 Å². The second kappa shape index (κ2) is 2.88. The van der Waals surface area contributed by atoms with Crippen LogP contribution in [0.5, 0.6) is 0 Å². The van der Waals surface area contributed by atoms with Gasteiger partial charge in [-0.2, -0.15) is 0 Å². The molecule has 0 spiro atoms. The lowest BCUT2D eigenvalue weighted by molar-refractivity contribution is 1.02. The first-order valence-electron chi connectivity index (χ1n) is 2.99. The van der Waals surface area contributed by atoms with Crippen LogP contribution in [0.2, 0.25) is 0 Å². The van der Waals surface area contributed by atoms with E-state index in [1.54, 1.807) is 6.92 Å². The Kier molecular flexibility index (Phi) is 1.93. The third-order valence-corrected chi connectivity index (χ3v) is 1.02. The summed E-state index contributed by atoms with van der Waals surface area (Å²) in [4.78, 5) is 25.6. The molecule has 0 saturated carbocycles. The zero-order chi connectivity index (χ0) is 8.27. The summed E-state index contributed by atoms with van der Waals surface area (Å²) in [5, 5.41) is 0. The summed E-state index contributed by atoms with van der Waals surface area (Å²) in [6.45, 7) is 1.62. The average Bonchev–Trinajstić information content (AvgIpc) is 1.85. The maximum Gasteiger partial charge on any atom is 0.326 e. The minimum absolute atomic E-state index is 0.334. The molecule has 0 bridgehead atoms. The van der Waals surface area contributed by atoms with E-state index in [0.717, 1.165) is 0 Å². The summed E-state index contributed by atoms with van der Waals surface area (Å²) in [7, 11) is 0. The van der Waals surface area contributed by atoms with Crippen molar-refractivity contribution >= 4 is 0 Å². The molecule has 1 aromatic heterocycles. The standard InChI is InChI=1S/C7H6N2O2/c1-2-3-5-4-6(10)9-7(11)8-5/h4H,1H3,(H2,8,9,10,11). The van der Waals surface area contributed by atoms with Crippen molar-refractivity contribution in [1.29, 1.82) is 0 Å². The number of hydrogen-bond acceptors (Lipinski definition) is 2. The summed E-state index contributed by atoms with van der Waals surface area (Å²) in [6.07, 6.45) is 0. The van der Waals surface area contributed by atoms with Crippen LogP contribution in [-0.4, -0.2) is 9.97 Å². The Morgan fingerprint density at radius 3 is 2.64 bits per heavy atom. The van der Waals surface area contributed by atoms with Gasteiger partial charge in [0.25, 0.3) is 5.56 Å². The van der Waals surface area contributed by atoms with Crippen LogP contribution in [0.15, 0.2) is 15.7 Å². The lowest BCUT2D eigenvalue weighted by atomic mass is 10.4. The van der Waals surface area contributed by atoms with Crippen molar-refractivity contribution < 1.29 is 0 Å². The Bertz CT molecular complexity index is 388. The number of hydrogen-bond donors (Lipinski definition) is 2. The zero-order valence-electron chi connectivity index (χ0n) is 5.89. The highest BCUT2D eigenvalue weighted by Gasteiger charge is 1.89. The molecule has 0 aliphatic heterocycles. The van der Waals surface area contributed by atoms with Gasteiger partial charge in [0.1, 0.15) is 0 Å². The summed E-state index contributed by atoms with van der Waals surface area (Å²) < 4.78 is 0. The van der Waals surface area contributed by atoms with Gasteiger partial charge in [0, 0.05) is 6.07 Å². The van der Waals surface area contributed by atoms with Gasteiger partial charge in [-0.1, -0.05) is 5.92 Å². The molecule has 0 aromatic carbocycles. The fraction of sp³-hybridized carbons (Fsp3) is 0.143. The van der Waals surface area contributed by atoms with Crippen molar-refractivity contribution in [2.75, 3.05) is 0 Å². The SMILES string of the molecule is CC#Cc1cc(=O)[nH]c(=O)[nH]1. The maximum absolute atomic E-state index is 10.6. The molecule has 0 radical (unpaired) electrons. The second-order valence-electron chi connectivity index (χ2n) is 1.88. The fourth-order valence-corrected chi connectivity index (χ4v) is 0.671. The van der Waals surface area contributed by atoms with Crippen LogP contribution in [0.4, 0.5) is 0 Å². The van der Waals surface area contributed by atoms with Crippen LogP contribution in [0.25, 0.3) is 0 Å². The van der Waals surface area contributed by atoms with Crippen molar-refractivity contribution in [2.45, 2.75) is 6.92 Å². The minimum atomic E-state index is -0.532. The summed E-state index contributed by atoms with van der Waals surface area (Å²) in [5.74, 6) is 5.13. The van der Waals surface area contributed by atoms with Crippen LogP contribution >= 0.6 is 0 Å². The maximum atomic E-state index is 10.6. The lowest BCUT2D eigenvalue weighted by Crippen LogP contribution is -2.21. The Morgan fingerprint density at radius 1 is 1.36 bits per heavy atom. The van der Waals surface area contributed by atoms with Crippen molar-refractivity contribution in [2.24, 2.45) is 0 Å². The van der Waals surface area contributed by atoms with E-state index in [2.05, 4.69) is 16.8 Å². The third kappa shape index (κ3) is 1.83. The molecular formula is C7H6N2O2. The van der Waals surface area contributed by atoms with Crippen molar-refractivity contribution in [3.05, 3.63) is 32.6 Å². The van der Waals surface area contributed by atoms with Gasteiger partial charge in [-0.05, 0) is 12.8 Å². The van der Waals surface area contributed by atoms with E-state index < -0.39 is 11.2 Å². The number of aromatic nitrogens is 2. The molecule has 2 N–H and O–H groups in total. The molecule has 0 aliphatic carbocycles. The average molecular weight is 150 g/mol. The van der Waals surface area contributed by atoms with E-state index in [-0.39, 0.29) is 0 Å². The predicted molar refractivity (Wildman–Crippen MR) is 40.2 cm³/mol. The summed E-state index contributed by atoms with van der Waals surface area (Å²) >= 11 is 0. The zero-order valence-corrected chi connectivity index (χ0v) is 5.89. The first-order valence-corrected chi connectivity index (χ1v) is 2.99. The van der Waals surface area contributed by atoms with Crippen LogP contribution in [0, 0.1) is 11.8 Å². The molecule has 1 heterocycles. The molecule has 4 heteroatoms. The van der Waals surface area contributed by atoms with Gasteiger partial charge >= 0.3 is 5.69 Å². The molecule has 4 nitrogen and oxygen atoms in total. The van der Waals surface area contributed by atoms with Crippen LogP contribution in [-0.2, 0) is 0 Å². The Hall–Kier alpha value is -1.76. The Balaban J connectivity index is 3.38. The predicted octanol–water partition coefficient (Wildman–Crippen LogP) is -0.565. The highest BCUT2D eigenvalue weighted by Crippen LogP contribution is 1.77. The monoisotopic (exact) mass is 150 g/mol. The molecule has 56 valence electrons. The summed E-state index contributed by atoms with van der Waals surface area (Å²) in [6, 6.07) is 1.23. The van der Waals surface area contributed by atoms with Crippen molar-refractivity contribution in [1.82, 2.24) is 9.97 Å². The second-order valence-corrected chi connectivity index (χ2v) is 1.88. The number of H-pyrrole nitrogens is 2. The van der Waals surface area contributed by atoms with Gasteiger partial charge in [0.2, 0.25) is 0 Å². The van der Waals surface area contributed by atoms with Gasteiger partial charge in [0.15, 0.2) is 0 Å². The molecule has 1 rings (SSSR count). The van der Waals surface area contributed by atoms with E-state index in [0.29, 0.717) is 5.69 Å². The normalized spacial score (nSPS) is 8.45. The highest BCUT2D eigenvalue weighted by molar-refractivity contribution is 5.24. The molecule has 0 aliphatic rings. The number of rotatable bonds is 0. The van der Waals surface area contributed by atoms with Crippen LogP contribution < -0.4 is 11.2 Å². The molecule has 1 aromatic rings. The lowest BCUT2D eigenvalue weighted by Gasteiger charge is -1.85. The largest absolute Gasteiger partial charge is 0.326 e. The Morgan fingerprint density at radius 2 is 2.09 bits per heavy atom. The van der Waals surface area contributed by atoms with Gasteiger partial charge in [-0.3, -0.25) is 9.78 Å².